The lowest BCUT2D eigenvalue weighted by atomic mass is 10.0. The molecule has 0 bridgehead atoms. The molecule has 0 aliphatic heterocycles. The molecular weight excluding hydrogens is 440 g/mol. The maximum Gasteiger partial charge on any atom is 0.328 e. The second-order valence-corrected chi connectivity index (χ2v) is 10.8. The number of hydrogen-bond donors (Lipinski definition) is 1. The van der Waals surface area contributed by atoms with E-state index in [1.54, 1.807) is 12.2 Å². The molecule has 2 nitrogen and oxygen atoms in total. The first-order valence-electron chi connectivity index (χ1n) is 16.0. The summed E-state index contributed by atoms with van der Waals surface area (Å²) in [6.07, 6.45) is 47.5. The van der Waals surface area contributed by atoms with Gasteiger partial charge in [0.15, 0.2) is 0 Å². The van der Waals surface area contributed by atoms with E-state index in [1.807, 2.05) is 12.2 Å². The normalized spacial score (nSPS) is 12.0. The topological polar surface area (TPSA) is 37.3 Å². The molecule has 0 aliphatic rings. The van der Waals surface area contributed by atoms with Gasteiger partial charge >= 0.3 is 5.97 Å². The van der Waals surface area contributed by atoms with Crippen LogP contribution in [-0.4, -0.2) is 11.1 Å². The minimum atomic E-state index is -0.904. The Balaban J connectivity index is 3.11. The molecule has 210 valence electrons. The predicted molar refractivity (Wildman–Crippen MR) is 161 cm³/mol. The fourth-order valence-electron chi connectivity index (χ4n) is 4.84. The molecule has 0 amide bonds. The molecule has 0 saturated carbocycles. The Morgan fingerprint density at radius 3 is 1.08 bits per heavy atom. The lowest BCUT2D eigenvalue weighted by Crippen LogP contribution is -1.84. The first-order chi connectivity index (χ1) is 17.8. The quantitative estimate of drug-likeness (QED) is 0.0627. The van der Waals surface area contributed by atoms with Crippen molar-refractivity contribution in [2.75, 3.05) is 0 Å². The van der Waals surface area contributed by atoms with Crippen molar-refractivity contribution in [3.05, 3.63) is 36.5 Å². The summed E-state index contributed by atoms with van der Waals surface area (Å²) in [4.78, 5) is 10.3. The number of carboxylic acid groups (broad SMARTS) is 1. The summed E-state index contributed by atoms with van der Waals surface area (Å²) >= 11 is 0. The van der Waals surface area contributed by atoms with Crippen LogP contribution in [0.15, 0.2) is 36.5 Å². The molecule has 0 aliphatic carbocycles. The van der Waals surface area contributed by atoms with E-state index in [4.69, 9.17) is 5.11 Å². The van der Waals surface area contributed by atoms with Gasteiger partial charge in [0.1, 0.15) is 0 Å². The lowest BCUT2D eigenvalue weighted by Gasteiger charge is -2.04. The largest absolute Gasteiger partial charge is 0.478 e. The van der Waals surface area contributed by atoms with Crippen LogP contribution in [-0.2, 0) is 4.79 Å². The zero-order valence-electron chi connectivity index (χ0n) is 24.2. The third kappa shape index (κ3) is 32.7. The van der Waals surface area contributed by atoms with E-state index in [2.05, 4.69) is 13.0 Å². The van der Waals surface area contributed by atoms with Crippen molar-refractivity contribution < 1.29 is 9.90 Å². The number of rotatable bonds is 29. The Morgan fingerprint density at radius 2 is 0.750 bits per heavy atom. The first kappa shape index (κ1) is 34.7. The standard InChI is InChI=1S/C34H62O2/c1-2-3-4-5-6-7-8-9-10-11-12-13-14-15-16-17-18-19-20-21-22-23-24-25-26-27-28-29-30-31-32-33-34(35)36/h28-33H,2-27H2,1H3,(H,35,36). The van der Waals surface area contributed by atoms with E-state index in [1.165, 1.54) is 161 Å². The Bertz CT molecular complexity index is 517. The fraction of sp³-hybridized carbons (Fsp3) is 0.794. The van der Waals surface area contributed by atoms with Gasteiger partial charge in [0.2, 0.25) is 0 Å². The highest BCUT2D eigenvalue weighted by molar-refractivity contribution is 5.80. The van der Waals surface area contributed by atoms with Gasteiger partial charge in [-0.2, -0.15) is 0 Å². The lowest BCUT2D eigenvalue weighted by molar-refractivity contribution is -0.131. The Kier molecular flexibility index (Phi) is 30.6. The van der Waals surface area contributed by atoms with Crippen LogP contribution < -0.4 is 0 Å². The fourth-order valence-corrected chi connectivity index (χ4v) is 4.84. The van der Waals surface area contributed by atoms with Crippen LogP contribution in [0.2, 0.25) is 0 Å². The van der Waals surface area contributed by atoms with Crippen molar-refractivity contribution in [3.63, 3.8) is 0 Å². The van der Waals surface area contributed by atoms with Gasteiger partial charge < -0.3 is 5.11 Å². The highest BCUT2D eigenvalue weighted by Crippen LogP contribution is 2.16. The van der Waals surface area contributed by atoms with E-state index in [9.17, 15) is 4.79 Å². The second-order valence-electron chi connectivity index (χ2n) is 10.8. The molecule has 0 atom stereocenters. The third-order valence-electron chi connectivity index (χ3n) is 7.18. The molecule has 0 radical (unpaired) electrons. The summed E-state index contributed by atoms with van der Waals surface area (Å²) in [5, 5.41) is 8.48. The number of carboxylic acids is 1. The zero-order valence-corrected chi connectivity index (χ0v) is 24.2. The summed E-state index contributed by atoms with van der Waals surface area (Å²) in [5.74, 6) is -0.904. The van der Waals surface area contributed by atoms with Crippen molar-refractivity contribution in [1.29, 1.82) is 0 Å². The molecule has 0 aromatic carbocycles. The third-order valence-corrected chi connectivity index (χ3v) is 7.18. The van der Waals surface area contributed by atoms with Crippen molar-refractivity contribution in [1.82, 2.24) is 0 Å². The van der Waals surface area contributed by atoms with Gasteiger partial charge in [0, 0.05) is 6.08 Å². The number of carbonyl (C=O) groups is 1. The summed E-state index contributed by atoms with van der Waals surface area (Å²) in [6.45, 7) is 2.30. The number of aliphatic carboxylic acids is 1. The maximum atomic E-state index is 10.3. The van der Waals surface area contributed by atoms with Crippen LogP contribution in [0.4, 0.5) is 0 Å². The summed E-state index contributed by atoms with van der Waals surface area (Å²) < 4.78 is 0. The molecule has 0 spiro atoms. The first-order valence-corrected chi connectivity index (χ1v) is 16.0. The molecular formula is C34H62O2. The molecule has 0 rings (SSSR count). The van der Waals surface area contributed by atoms with Crippen LogP contribution in [0.5, 0.6) is 0 Å². The van der Waals surface area contributed by atoms with Crippen molar-refractivity contribution in [3.8, 4) is 0 Å². The molecule has 0 aromatic heterocycles. The molecule has 1 N–H and O–H groups in total. The Labute approximate surface area is 226 Å². The molecule has 0 unspecified atom stereocenters. The summed E-state index contributed by atoms with van der Waals surface area (Å²) in [7, 11) is 0. The number of allylic oxidation sites excluding steroid dienone is 5. The van der Waals surface area contributed by atoms with Gasteiger partial charge in [-0.25, -0.2) is 4.79 Å². The van der Waals surface area contributed by atoms with Crippen LogP contribution in [0.25, 0.3) is 0 Å². The minimum absolute atomic E-state index is 0.904. The average molecular weight is 503 g/mol. The zero-order chi connectivity index (χ0) is 26.2. The van der Waals surface area contributed by atoms with Gasteiger partial charge in [-0.3, -0.25) is 0 Å². The predicted octanol–water partition coefficient (Wildman–Crippen LogP) is 11.9. The SMILES string of the molecule is CCCCCCCCCCCCCCCCCCCCCCCCCCCC=CC=CC=CC(=O)O. The average Bonchev–Trinajstić information content (AvgIpc) is 2.87. The van der Waals surface area contributed by atoms with E-state index >= 15 is 0 Å². The molecule has 0 aromatic rings. The van der Waals surface area contributed by atoms with Crippen LogP contribution >= 0.6 is 0 Å². The highest BCUT2D eigenvalue weighted by Gasteiger charge is 1.96. The highest BCUT2D eigenvalue weighted by atomic mass is 16.4. The molecule has 0 heterocycles. The van der Waals surface area contributed by atoms with Crippen LogP contribution in [0, 0.1) is 0 Å². The van der Waals surface area contributed by atoms with E-state index < -0.39 is 5.97 Å². The van der Waals surface area contributed by atoms with Crippen molar-refractivity contribution >= 4 is 5.97 Å². The van der Waals surface area contributed by atoms with Crippen molar-refractivity contribution in [2.24, 2.45) is 0 Å². The number of hydrogen-bond acceptors (Lipinski definition) is 1. The van der Waals surface area contributed by atoms with Gasteiger partial charge in [0.25, 0.3) is 0 Å². The molecule has 0 fully saturated rings. The smallest absolute Gasteiger partial charge is 0.328 e. The maximum absolute atomic E-state index is 10.3. The van der Waals surface area contributed by atoms with Crippen molar-refractivity contribution in [2.45, 2.75) is 174 Å². The van der Waals surface area contributed by atoms with Gasteiger partial charge in [0.05, 0.1) is 0 Å². The molecule has 2 heteroatoms. The molecule has 0 saturated heterocycles. The van der Waals surface area contributed by atoms with E-state index in [0.717, 1.165) is 12.5 Å². The summed E-state index contributed by atoms with van der Waals surface area (Å²) in [5.41, 5.74) is 0. The summed E-state index contributed by atoms with van der Waals surface area (Å²) in [6, 6.07) is 0. The van der Waals surface area contributed by atoms with E-state index in [0.29, 0.717) is 0 Å². The van der Waals surface area contributed by atoms with Gasteiger partial charge in [-0.1, -0.05) is 191 Å². The number of unbranched alkanes of at least 4 members (excludes halogenated alkanes) is 25. The molecule has 36 heavy (non-hydrogen) atoms. The minimum Gasteiger partial charge on any atom is -0.478 e. The van der Waals surface area contributed by atoms with Crippen LogP contribution in [0.3, 0.4) is 0 Å². The monoisotopic (exact) mass is 502 g/mol. The van der Waals surface area contributed by atoms with Gasteiger partial charge in [-0.15, -0.1) is 0 Å². The Hall–Kier alpha value is -1.31. The second kappa shape index (κ2) is 31.7. The Morgan fingerprint density at radius 1 is 0.444 bits per heavy atom. The van der Waals surface area contributed by atoms with Crippen LogP contribution in [0.1, 0.15) is 174 Å². The van der Waals surface area contributed by atoms with Gasteiger partial charge in [-0.05, 0) is 12.8 Å². The van der Waals surface area contributed by atoms with E-state index in [-0.39, 0.29) is 0 Å².